The van der Waals surface area contributed by atoms with Gasteiger partial charge in [0.05, 0.1) is 10.8 Å². The summed E-state index contributed by atoms with van der Waals surface area (Å²) >= 11 is 0. The second-order valence-corrected chi connectivity index (χ2v) is 8.93. The molecular weight excluding hydrogens is 348 g/mol. The van der Waals surface area contributed by atoms with E-state index in [-0.39, 0.29) is 5.97 Å². The van der Waals surface area contributed by atoms with Gasteiger partial charge in [0, 0.05) is 23.0 Å². The van der Waals surface area contributed by atoms with E-state index in [1.165, 1.54) is 0 Å². The van der Waals surface area contributed by atoms with Gasteiger partial charge in [-0.25, -0.2) is 0 Å². The van der Waals surface area contributed by atoms with Crippen molar-refractivity contribution in [3.05, 3.63) is 22.8 Å². The lowest BCUT2D eigenvalue weighted by Crippen LogP contribution is -2.36. The lowest BCUT2D eigenvalue weighted by Gasteiger charge is -2.32. The van der Waals surface area contributed by atoms with Crippen LogP contribution in [0.5, 0.6) is 0 Å². The van der Waals surface area contributed by atoms with Gasteiger partial charge in [0.2, 0.25) is 6.29 Å². The molecule has 1 saturated heterocycles. The Bertz CT molecular complexity index is 790. The second kappa shape index (κ2) is 5.77. The summed E-state index contributed by atoms with van der Waals surface area (Å²) in [6, 6.07) is 0. The molecule has 0 unspecified atom stereocenters. The Balaban J connectivity index is 1.71. The van der Waals surface area contributed by atoms with Crippen LogP contribution in [0.1, 0.15) is 59.3 Å². The summed E-state index contributed by atoms with van der Waals surface area (Å²) in [5.41, 5.74) is -0.390. The fraction of sp³-hybridized carbons (Fsp3) is 0.667. The Labute approximate surface area is 158 Å². The van der Waals surface area contributed by atoms with Crippen LogP contribution in [-0.4, -0.2) is 35.7 Å². The van der Waals surface area contributed by atoms with Gasteiger partial charge in [0.25, 0.3) is 0 Å². The van der Waals surface area contributed by atoms with E-state index in [2.05, 4.69) is 6.92 Å². The number of esters is 2. The normalized spacial score (nSPS) is 37.8. The summed E-state index contributed by atoms with van der Waals surface area (Å²) in [4.78, 5) is 36.8. The monoisotopic (exact) mass is 374 g/mol. The third-order valence-corrected chi connectivity index (χ3v) is 6.79. The largest absolute Gasteiger partial charge is 0.457 e. The molecule has 4 rings (SSSR count). The van der Waals surface area contributed by atoms with Crippen molar-refractivity contribution in [2.45, 2.75) is 71.7 Å². The van der Waals surface area contributed by atoms with Crippen LogP contribution < -0.4 is 0 Å². The first-order valence-corrected chi connectivity index (χ1v) is 9.74. The molecule has 3 aliphatic carbocycles. The minimum absolute atomic E-state index is 0.279. The van der Waals surface area contributed by atoms with E-state index in [9.17, 15) is 19.5 Å². The molecule has 1 saturated carbocycles. The lowest BCUT2D eigenvalue weighted by atomic mass is 9.73. The molecule has 2 fully saturated rings. The molecule has 0 spiro atoms. The van der Waals surface area contributed by atoms with Gasteiger partial charge in [-0.2, -0.15) is 0 Å². The Kier molecular flexibility index (Phi) is 3.94. The first-order valence-electron chi connectivity index (χ1n) is 9.74. The number of aliphatic hydroxyl groups is 1. The number of hydrogen-bond acceptors (Lipinski definition) is 6. The average Bonchev–Trinajstić information content (AvgIpc) is 3.16. The molecule has 0 aromatic carbocycles. The van der Waals surface area contributed by atoms with Crippen LogP contribution in [0, 0.1) is 16.2 Å². The van der Waals surface area contributed by atoms with E-state index in [1.807, 2.05) is 19.9 Å². The molecule has 6 nitrogen and oxygen atoms in total. The molecule has 1 aliphatic heterocycles. The van der Waals surface area contributed by atoms with Gasteiger partial charge in [-0.3, -0.25) is 14.4 Å². The number of carbonyl (C=O) groups excluding carboxylic acids is 3. The van der Waals surface area contributed by atoms with Crippen LogP contribution >= 0.6 is 0 Å². The van der Waals surface area contributed by atoms with Gasteiger partial charge in [0.15, 0.2) is 0 Å². The Morgan fingerprint density at radius 3 is 2.81 bits per heavy atom. The minimum atomic E-state index is -1.32. The van der Waals surface area contributed by atoms with Crippen molar-refractivity contribution in [2.75, 3.05) is 0 Å². The third-order valence-electron chi connectivity index (χ3n) is 6.79. The second-order valence-electron chi connectivity index (χ2n) is 8.93. The molecule has 0 aromatic rings. The summed E-state index contributed by atoms with van der Waals surface area (Å²) in [5, 5.41) is 10.4. The van der Waals surface area contributed by atoms with Gasteiger partial charge in [0.1, 0.15) is 12.4 Å². The maximum absolute atomic E-state index is 12.4. The highest BCUT2D eigenvalue weighted by molar-refractivity contribution is 5.95. The van der Waals surface area contributed by atoms with Crippen molar-refractivity contribution in [1.82, 2.24) is 0 Å². The predicted molar refractivity (Wildman–Crippen MR) is 95.2 cm³/mol. The summed E-state index contributed by atoms with van der Waals surface area (Å²) in [6.07, 6.45) is 4.75. The van der Waals surface area contributed by atoms with Crippen LogP contribution in [0.4, 0.5) is 0 Å². The standard InChI is InChI=1S/C21H26O6/c1-4-5-6-7-14(23)26-16-15-12(8-19(16,2)3)9-20-11-21(20,13(15)10-22)18(25)27-17(20)24/h8,10,16,18,25H,4-7,9,11H2,1-3H3/t16-,18-,20-,21-/m1/s1. The first-order chi connectivity index (χ1) is 12.7. The Morgan fingerprint density at radius 2 is 2.15 bits per heavy atom. The topological polar surface area (TPSA) is 89.9 Å². The molecule has 0 bridgehead atoms. The molecule has 27 heavy (non-hydrogen) atoms. The number of hydrogen-bond donors (Lipinski definition) is 1. The van der Waals surface area contributed by atoms with E-state index >= 15 is 0 Å². The van der Waals surface area contributed by atoms with E-state index < -0.39 is 34.6 Å². The summed E-state index contributed by atoms with van der Waals surface area (Å²) in [7, 11) is 0. The van der Waals surface area contributed by atoms with Crippen LogP contribution in [0.2, 0.25) is 0 Å². The lowest BCUT2D eigenvalue weighted by molar-refractivity contribution is -0.164. The van der Waals surface area contributed by atoms with Crippen molar-refractivity contribution in [3.63, 3.8) is 0 Å². The van der Waals surface area contributed by atoms with Crippen molar-refractivity contribution in [1.29, 1.82) is 0 Å². The third kappa shape index (κ3) is 2.25. The smallest absolute Gasteiger partial charge is 0.315 e. The van der Waals surface area contributed by atoms with E-state index in [1.54, 1.807) is 0 Å². The minimum Gasteiger partial charge on any atom is -0.457 e. The predicted octanol–water partition coefficient (Wildman–Crippen LogP) is 2.60. The zero-order valence-corrected chi connectivity index (χ0v) is 16.0. The van der Waals surface area contributed by atoms with Crippen LogP contribution in [0.15, 0.2) is 22.8 Å². The van der Waals surface area contributed by atoms with Crippen molar-refractivity contribution in [2.24, 2.45) is 16.2 Å². The Morgan fingerprint density at radius 1 is 1.41 bits per heavy atom. The van der Waals surface area contributed by atoms with Gasteiger partial charge in [-0.1, -0.05) is 39.7 Å². The zero-order chi connectivity index (χ0) is 19.6. The number of carbonyl (C=O) groups is 3. The summed E-state index contributed by atoms with van der Waals surface area (Å²) < 4.78 is 10.9. The molecule has 146 valence electrons. The number of fused-ring (bicyclic) bond motifs is 1. The van der Waals surface area contributed by atoms with E-state index in [0.717, 1.165) is 24.8 Å². The number of aliphatic hydroxyl groups excluding tert-OH is 1. The molecule has 0 radical (unpaired) electrons. The fourth-order valence-electron chi connectivity index (χ4n) is 5.36. The van der Waals surface area contributed by atoms with E-state index in [4.69, 9.17) is 9.47 Å². The number of ether oxygens (including phenoxy) is 2. The van der Waals surface area contributed by atoms with Crippen LogP contribution in [0.3, 0.4) is 0 Å². The number of rotatable bonds is 6. The number of cyclic esters (lactones) is 1. The molecule has 6 heteroatoms. The van der Waals surface area contributed by atoms with Crippen LogP contribution in [-0.2, 0) is 23.9 Å². The quantitative estimate of drug-likeness (QED) is 0.437. The van der Waals surface area contributed by atoms with Crippen molar-refractivity contribution >= 4 is 18.2 Å². The van der Waals surface area contributed by atoms with E-state index in [0.29, 0.717) is 36.7 Å². The molecular formula is C21H26O6. The molecule has 0 amide bonds. The maximum Gasteiger partial charge on any atom is 0.315 e. The van der Waals surface area contributed by atoms with Crippen molar-refractivity contribution < 1.29 is 29.0 Å². The summed E-state index contributed by atoms with van der Waals surface area (Å²) in [5.74, 6) is -0.717. The number of unbranched alkanes of at least 4 members (excludes halogenated alkanes) is 2. The average molecular weight is 374 g/mol. The highest BCUT2D eigenvalue weighted by atomic mass is 16.6. The molecule has 4 aliphatic rings. The fourth-order valence-corrected chi connectivity index (χ4v) is 5.36. The highest BCUT2D eigenvalue weighted by Crippen LogP contribution is 2.79. The highest BCUT2D eigenvalue weighted by Gasteiger charge is 2.85. The van der Waals surface area contributed by atoms with Gasteiger partial charge in [-0.05, 0) is 24.8 Å². The Hall–Kier alpha value is -1.95. The zero-order valence-electron chi connectivity index (χ0n) is 16.0. The maximum atomic E-state index is 12.4. The molecule has 1 N–H and O–H groups in total. The SMILES string of the molecule is CCCCCC(=O)O[C@@H]1C2=C(C=O)[C@@]34C[C@]3(CC2=CC1(C)C)C(=O)O[C@H]4O. The molecule has 4 atom stereocenters. The van der Waals surface area contributed by atoms with Gasteiger partial charge < -0.3 is 14.6 Å². The molecule has 1 heterocycles. The van der Waals surface area contributed by atoms with Gasteiger partial charge in [-0.15, -0.1) is 0 Å². The van der Waals surface area contributed by atoms with Crippen LogP contribution in [0.25, 0.3) is 0 Å². The van der Waals surface area contributed by atoms with Gasteiger partial charge >= 0.3 is 11.9 Å². The number of aldehydes is 1. The first kappa shape index (κ1) is 18.4. The summed E-state index contributed by atoms with van der Waals surface area (Å²) in [6.45, 7) is 5.99. The molecule has 0 aromatic heterocycles. The van der Waals surface area contributed by atoms with Crippen molar-refractivity contribution in [3.8, 4) is 0 Å².